The first-order valence-corrected chi connectivity index (χ1v) is 7.73. The third-order valence-corrected chi connectivity index (χ3v) is 4.54. The SMILES string of the molecule is Cc1ncc(-c2cc3cnc(NC(=O)C4CC4)cc3[nH]2)s1. The van der Waals surface area contributed by atoms with E-state index in [1.165, 1.54) is 0 Å². The van der Waals surface area contributed by atoms with Crippen molar-refractivity contribution in [2.75, 3.05) is 5.32 Å². The molecule has 3 heterocycles. The Labute approximate surface area is 125 Å². The number of rotatable bonds is 3. The van der Waals surface area contributed by atoms with Gasteiger partial charge in [-0.25, -0.2) is 9.97 Å². The standard InChI is InChI=1S/C15H14N4OS/c1-8-16-7-13(21-8)12-4-10-6-17-14(5-11(10)18-12)19-15(20)9-2-3-9/h4-7,9,18H,2-3H2,1H3,(H,17,19,20). The quantitative estimate of drug-likeness (QED) is 0.779. The summed E-state index contributed by atoms with van der Waals surface area (Å²) >= 11 is 1.65. The Bertz CT molecular complexity index is 831. The third-order valence-electron chi connectivity index (χ3n) is 3.59. The molecule has 0 unspecified atom stereocenters. The molecule has 106 valence electrons. The van der Waals surface area contributed by atoms with Gasteiger partial charge in [-0.2, -0.15) is 0 Å². The predicted molar refractivity (Wildman–Crippen MR) is 83.3 cm³/mol. The van der Waals surface area contributed by atoms with Crippen LogP contribution in [0.2, 0.25) is 0 Å². The van der Waals surface area contributed by atoms with E-state index in [0.29, 0.717) is 5.82 Å². The van der Waals surface area contributed by atoms with Crippen LogP contribution in [0.25, 0.3) is 21.5 Å². The molecule has 0 saturated heterocycles. The van der Waals surface area contributed by atoms with Gasteiger partial charge in [-0.05, 0) is 25.8 Å². The van der Waals surface area contributed by atoms with Crippen LogP contribution in [0.1, 0.15) is 17.8 Å². The largest absolute Gasteiger partial charge is 0.354 e. The zero-order valence-electron chi connectivity index (χ0n) is 11.5. The van der Waals surface area contributed by atoms with E-state index in [0.717, 1.165) is 39.3 Å². The first-order chi connectivity index (χ1) is 10.2. The molecule has 3 aromatic heterocycles. The van der Waals surface area contributed by atoms with Crippen LogP contribution in [0.3, 0.4) is 0 Å². The average molecular weight is 298 g/mol. The highest BCUT2D eigenvalue weighted by molar-refractivity contribution is 7.15. The molecular weight excluding hydrogens is 284 g/mol. The van der Waals surface area contributed by atoms with Crippen molar-refractivity contribution in [3.05, 3.63) is 29.5 Å². The van der Waals surface area contributed by atoms with Gasteiger partial charge in [0, 0.05) is 29.8 Å². The molecule has 3 aromatic rings. The molecule has 2 N–H and O–H groups in total. The monoisotopic (exact) mass is 298 g/mol. The molecule has 0 atom stereocenters. The summed E-state index contributed by atoms with van der Waals surface area (Å²) in [5.41, 5.74) is 2.00. The summed E-state index contributed by atoms with van der Waals surface area (Å²) in [7, 11) is 0. The number of H-pyrrole nitrogens is 1. The van der Waals surface area contributed by atoms with Gasteiger partial charge in [0.2, 0.25) is 5.91 Å². The number of pyridine rings is 1. The number of carbonyl (C=O) groups excluding carboxylic acids is 1. The lowest BCUT2D eigenvalue weighted by atomic mass is 10.3. The minimum absolute atomic E-state index is 0.0757. The lowest BCUT2D eigenvalue weighted by Gasteiger charge is -2.02. The molecule has 1 amide bonds. The number of aromatic nitrogens is 3. The summed E-state index contributed by atoms with van der Waals surface area (Å²) in [5, 5.41) is 4.94. The van der Waals surface area contributed by atoms with Crippen LogP contribution in [0.4, 0.5) is 5.82 Å². The van der Waals surface area contributed by atoms with Gasteiger partial charge in [0.1, 0.15) is 5.82 Å². The van der Waals surface area contributed by atoms with E-state index < -0.39 is 0 Å². The maximum absolute atomic E-state index is 11.8. The van der Waals surface area contributed by atoms with Crippen molar-refractivity contribution in [1.29, 1.82) is 0 Å². The molecule has 0 spiro atoms. The Balaban J connectivity index is 1.66. The first-order valence-electron chi connectivity index (χ1n) is 6.91. The maximum Gasteiger partial charge on any atom is 0.228 e. The highest BCUT2D eigenvalue weighted by Crippen LogP contribution is 2.31. The summed E-state index contributed by atoms with van der Waals surface area (Å²) < 4.78 is 0. The van der Waals surface area contributed by atoms with E-state index in [4.69, 9.17) is 0 Å². The van der Waals surface area contributed by atoms with Crippen LogP contribution in [-0.2, 0) is 4.79 Å². The van der Waals surface area contributed by atoms with E-state index in [1.807, 2.05) is 19.2 Å². The van der Waals surface area contributed by atoms with Crippen molar-refractivity contribution >= 4 is 34.0 Å². The number of thiazole rings is 1. The topological polar surface area (TPSA) is 70.7 Å². The normalized spacial score (nSPS) is 14.5. The van der Waals surface area contributed by atoms with Gasteiger partial charge in [-0.15, -0.1) is 11.3 Å². The summed E-state index contributed by atoms with van der Waals surface area (Å²) in [6.45, 7) is 1.99. The smallest absolute Gasteiger partial charge is 0.228 e. The number of fused-ring (bicyclic) bond motifs is 1. The fraction of sp³-hybridized carbons (Fsp3) is 0.267. The van der Waals surface area contributed by atoms with Crippen molar-refractivity contribution in [2.45, 2.75) is 19.8 Å². The highest BCUT2D eigenvalue weighted by Gasteiger charge is 2.29. The Morgan fingerprint density at radius 1 is 1.33 bits per heavy atom. The predicted octanol–water partition coefficient (Wildman–Crippen LogP) is 3.34. The average Bonchev–Trinajstić information content (AvgIpc) is 3.10. The molecule has 1 aliphatic rings. The van der Waals surface area contributed by atoms with Gasteiger partial charge in [0.25, 0.3) is 0 Å². The van der Waals surface area contributed by atoms with Gasteiger partial charge in [-0.3, -0.25) is 4.79 Å². The van der Waals surface area contributed by atoms with E-state index in [2.05, 4.69) is 26.3 Å². The van der Waals surface area contributed by atoms with Crippen molar-refractivity contribution in [1.82, 2.24) is 15.0 Å². The summed E-state index contributed by atoms with van der Waals surface area (Å²) in [6, 6.07) is 3.94. The van der Waals surface area contributed by atoms with Crippen LogP contribution >= 0.6 is 11.3 Å². The molecule has 0 radical (unpaired) electrons. The molecule has 0 aromatic carbocycles. The molecule has 1 saturated carbocycles. The Hall–Kier alpha value is -2.21. The van der Waals surface area contributed by atoms with Crippen LogP contribution < -0.4 is 5.32 Å². The van der Waals surface area contributed by atoms with E-state index in [-0.39, 0.29) is 11.8 Å². The number of anilines is 1. The van der Waals surface area contributed by atoms with E-state index in [1.54, 1.807) is 17.5 Å². The summed E-state index contributed by atoms with van der Waals surface area (Å²) in [6.07, 6.45) is 5.64. The molecule has 0 aliphatic heterocycles. The number of aromatic amines is 1. The molecule has 1 fully saturated rings. The Kier molecular flexibility index (Phi) is 2.78. The summed E-state index contributed by atoms with van der Waals surface area (Å²) in [5.74, 6) is 0.863. The van der Waals surface area contributed by atoms with Crippen LogP contribution in [0, 0.1) is 12.8 Å². The van der Waals surface area contributed by atoms with Crippen molar-refractivity contribution < 1.29 is 4.79 Å². The van der Waals surface area contributed by atoms with Crippen molar-refractivity contribution in [3.8, 4) is 10.6 Å². The number of aryl methyl sites for hydroxylation is 1. The highest BCUT2D eigenvalue weighted by atomic mass is 32.1. The van der Waals surface area contributed by atoms with Crippen LogP contribution in [-0.4, -0.2) is 20.9 Å². The van der Waals surface area contributed by atoms with E-state index in [9.17, 15) is 4.79 Å². The third kappa shape index (κ3) is 2.42. The molecule has 6 heteroatoms. The zero-order valence-corrected chi connectivity index (χ0v) is 12.3. The Morgan fingerprint density at radius 3 is 2.90 bits per heavy atom. The maximum atomic E-state index is 11.8. The minimum atomic E-state index is 0.0757. The van der Waals surface area contributed by atoms with Crippen molar-refractivity contribution in [3.63, 3.8) is 0 Å². The molecule has 4 rings (SSSR count). The second-order valence-electron chi connectivity index (χ2n) is 5.35. The molecule has 5 nitrogen and oxygen atoms in total. The number of nitrogens with one attached hydrogen (secondary N) is 2. The number of hydrogen-bond acceptors (Lipinski definition) is 4. The van der Waals surface area contributed by atoms with Crippen LogP contribution in [0.5, 0.6) is 0 Å². The Morgan fingerprint density at radius 2 is 2.19 bits per heavy atom. The lowest BCUT2D eigenvalue weighted by molar-refractivity contribution is -0.117. The second-order valence-corrected chi connectivity index (χ2v) is 6.58. The molecule has 0 bridgehead atoms. The first kappa shape index (κ1) is 12.5. The molecular formula is C15H14N4OS. The van der Waals surface area contributed by atoms with Crippen LogP contribution in [0.15, 0.2) is 24.5 Å². The number of carbonyl (C=O) groups is 1. The molecule has 1 aliphatic carbocycles. The van der Waals surface area contributed by atoms with Gasteiger partial charge >= 0.3 is 0 Å². The van der Waals surface area contributed by atoms with Gasteiger partial charge in [-0.1, -0.05) is 0 Å². The molecule has 21 heavy (non-hydrogen) atoms. The zero-order chi connectivity index (χ0) is 14.4. The van der Waals surface area contributed by atoms with Gasteiger partial charge in [0.15, 0.2) is 0 Å². The fourth-order valence-corrected chi connectivity index (χ4v) is 3.04. The van der Waals surface area contributed by atoms with E-state index >= 15 is 0 Å². The lowest BCUT2D eigenvalue weighted by Crippen LogP contribution is -2.14. The number of amides is 1. The number of nitrogens with zero attached hydrogens (tertiary/aromatic N) is 2. The fourth-order valence-electron chi connectivity index (χ4n) is 2.29. The number of hydrogen-bond donors (Lipinski definition) is 2. The minimum Gasteiger partial charge on any atom is -0.354 e. The van der Waals surface area contributed by atoms with Crippen molar-refractivity contribution in [2.24, 2.45) is 5.92 Å². The van der Waals surface area contributed by atoms with Gasteiger partial charge in [0.05, 0.1) is 21.1 Å². The summed E-state index contributed by atoms with van der Waals surface area (Å²) in [4.78, 5) is 24.8. The second kappa shape index (κ2) is 4.66. The van der Waals surface area contributed by atoms with Gasteiger partial charge < -0.3 is 10.3 Å².